The number of furan rings is 1. The monoisotopic (exact) mass is 238 g/mol. The van der Waals surface area contributed by atoms with Crippen LogP contribution in [0.25, 0.3) is 0 Å². The van der Waals surface area contributed by atoms with Gasteiger partial charge in [-0.1, -0.05) is 6.92 Å². The van der Waals surface area contributed by atoms with Crippen molar-refractivity contribution < 1.29 is 4.42 Å². The highest BCUT2D eigenvalue weighted by atomic mass is 16.3. The molecule has 1 aromatic rings. The molecule has 0 aromatic carbocycles. The summed E-state index contributed by atoms with van der Waals surface area (Å²) in [7, 11) is 0. The molecule has 0 fully saturated rings. The number of nitrogens with one attached hydrogen (secondary N) is 2. The van der Waals surface area contributed by atoms with Gasteiger partial charge in [-0.3, -0.25) is 0 Å². The highest BCUT2D eigenvalue weighted by Gasteiger charge is 2.11. The Bertz CT molecular complexity index is 325. The number of rotatable bonds is 6. The maximum atomic E-state index is 5.40. The second-order valence-electron chi connectivity index (χ2n) is 5.64. The fourth-order valence-electron chi connectivity index (χ4n) is 1.65. The Balaban J connectivity index is 2.31. The Labute approximate surface area is 105 Å². The third-order valence-corrected chi connectivity index (χ3v) is 2.74. The summed E-state index contributed by atoms with van der Waals surface area (Å²) in [6, 6.07) is 2.50. The van der Waals surface area contributed by atoms with Crippen molar-refractivity contribution in [2.75, 3.05) is 6.54 Å². The van der Waals surface area contributed by atoms with Crippen molar-refractivity contribution in [3.63, 3.8) is 0 Å². The first-order chi connectivity index (χ1) is 7.92. The van der Waals surface area contributed by atoms with Crippen molar-refractivity contribution in [3.8, 4) is 0 Å². The lowest BCUT2D eigenvalue weighted by atomic mass is 10.1. The molecular formula is C14H26N2O. The zero-order chi connectivity index (χ0) is 12.9. The van der Waals surface area contributed by atoms with Crippen LogP contribution in [0.1, 0.15) is 45.9 Å². The Kier molecular flexibility index (Phi) is 5.22. The van der Waals surface area contributed by atoms with E-state index < -0.39 is 0 Å². The second-order valence-corrected chi connectivity index (χ2v) is 5.64. The Hall–Kier alpha value is -0.800. The SMILES string of the molecule is CCc1occc1CNC(C)CNC(C)(C)C. The topological polar surface area (TPSA) is 37.2 Å². The van der Waals surface area contributed by atoms with E-state index >= 15 is 0 Å². The normalized spacial score (nSPS) is 13.9. The molecule has 0 bridgehead atoms. The summed E-state index contributed by atoms with van der Waals surface area (Å²) >= 11 is 0. The van der Waals surface area contributed by atoms with Crippen molar-refractivity contribution in [2.24, 2.45) is 0 Å². The minimum absolute atomic E-state index is 0.181. The lowest BCUT2D eigenvalue weighted by molar-refractivity contribution is 0.386. The van der Waals surface area contributed by atoms with Crippen LogP contribution < -0.4 is 10.6 Å². The second kappa shape index (κ2) is 6.22. The zero-order valence-corrected chi connectivity index (χ0v) is 11.8. The van der Waals surface area contributed by atoms with E-state index in [2.05, 4.69) is 51.3 Å². The number of aryl methyl sites for hydroxylation is 1. The summed E-state index contributed by atoms with van der Waals surface area (Å²) in [6.07, 6.45) is 2.73. The van der Waals surface area contributed by atoms with Crippen LogP contribution >= 0.6 is 0 Å². The van der Waals surface area contributed by atoms with Crippen LogP contribution in [0.15, 0.2) is 16.7 Å². The molecule has 98 valence electrons. The van der Waals surface area contributed by atoms with E-state index in [0.29, 0.717) is 6.04 Å². The number of hydrogen-bond donors (Lipinski definition) is 2. The van der Waals surface area contributed by atoms with Gasteiger partial charge in [-0.05, 0) is 33.8 Å². The van der Waals surface area contributed by atoms with Gasteiger partial charge in [0.05, 0.1) is 6.26 Å². The largest absolute Gasteiger partial charge is 0.469 e. The summed E-state index contributed by atoms with van der Waals surface area (Å²) in [5.74, 6) is 1.09. The molecule has 0 spiro atoms. The summed E-state index contributed by atoms with van der Waals surface area (Å²) in [5, 5.41) is 7.00. The average molecular weight is 238 g/mol. The molecule has 0 radical (unpaired) electrons. The lowest BCUT2D eigenvalue weighted by Gasteiger charge is -2.24. The first-order valence-electron chi connectivity index (χ1n) is 6.46. The zero-order valence-electron chi connectivity index (χ0n) is 11.8. The van der Waals surface area contributed by atoms with E-state index in [1.165, 1.54) is 5.56 Å². The average Bonchev–Trinajstić information content (AvgIpc) is 2.69. The molecule has 0 aliphatic carbocycles. The standard InChI is InChI=1S/C14H26N2O/c1-6-13-12(7-8-17-13)10-15-11(2)9-16-14(3,4)5/h7-8,11,15-16H,6,9-10H2,1-5H3. The molecular weight excluding hydrogens is 212 g/mol. The molecule has 1 atom stereocenters. The van der Waals surface area contributed by atoms with E-state index in [4.69, 9.17) is 4.42 Å². The van der Waals surface area contributed by atoms with E-state index in [0.717, 1.165) is 25.3 Å². The molecule has 1 heterocycles. The Morgan fingerprint density at radius 1 is 1.35 bits per heavy atom. The van der Waals surface area contributed by atoms with Crippen molar-refractivity contribution in [1.29, 1.82) is 0 Å². The maximum Gasteiger partial charge on any atom is 0.107 e. The van der Waals surface area contributed by atoms with Crippen molar-refractivity contribution in [3.05, 3.63) is 23.7 Å². The molecule has 1 unspecified atom stereocenters. The number of hydrogen-bond acceptors (Lipinski definition) is 3. The van der Waals surface area contributed by atoms with Gasteiger partial charge in [0.15, 0.2) is 0 Å². The third kappa shape index (κ3) is 5.37. The van der Waals surface area contributed by atoms with Gasteiger partial charge in [-0.15, -0.1) is 0 Å². The van der Waals surface area contributed by atoms with Crippen LogP contribution in [0, 0.1) is 0 Å². The predicted octanol–water partition coefficient (Wildman–Crippen LogP) is 2.71. The highest BCUT2D eigenvalue weighted by molar-refractivity contribution is 5.16. The molecule has 0 aliphatic heterocycles. The first-order valence-corrected chi connectivity index (χ1v) is 6.46. The lowest BCUT2D eigenvalue weighted by Crippen LogP contribution is -2.44. The van der Waals surface area contributed by atoms with E-state index in [1.54, 1.807) is 6.26 Å². The molecule has 17 heavy (non-hydrogen) atoms. The molecule has 1 rings (SSSR count). The molecule has 2 N–H and O–H groups in total. The van der Waals surface area contributed by atoms with Gasteiger partial charge in [0.25, 0.3) is 0 Å². The molecule has 0 saturated carbocycles. The molecule has 0 saturated heterocycles. The van der Waals surface area contributed by atoms with Crippen molar-refractivity contribution in [1.82, 2.24) is 10.6 Å². The van der Waals surface area contributed by atoms with Crippen LogP contribution in [0.4, 0.5) is 0 Å². The van der Waals surface area contributed by atoms with E-state index in [9.17, 15) is 0 Å². The van der Waals surface area contributed by atoms with Crippen LogP contribution in [-0.4, -0.2) is 18.1 Å². The minimum Gasteiger partial charge on any atom is -0.469 e. The van der Waals surface area contributed by atoms with Crippen LogP contribution in [-0.2, 0) is 13.0 Å². The molecule has 0 aliphatic rings. The predicted molar refractivity (Wildman–Crippen MR) is 72.1 cm³/mol. The fraction of sp³-hybridized carbons (Fsp3) is 0.714. The smallest absolute Gasteiger partial charge is 0.107 e. The first kappa shape index (κ1) is 14.3. The minimum atomic E-state index is 0.181. The fourth-order valence-corrected chi connectivity index (χ4v) is 1.65. The quantitative estimate of drug-likeness (QED) is 0.800. The Morgan fingerprint density at radius 2 is 2.06 bits per heavy atom. The van der Waals surface area contributed by atoms with Crippen molar-refractivity contribution >= 4 is 0 Å². The Morgan fingerprint density at radius 3 is 2.65 bits per heavy atom. The molecule has 3 nitrogen and oxygen atoms in total. The van der Waals surface area contributed by atoms with Crippen LogP contribution in [0.3, 0.4) is 0 Å². The van der Waals surface area contributed by atoms with Gasteiger partial charge < -0.3 is 15.1 Å². The molecule has 3 heteroatoms. The van der Waals surface area contributed by atoms with E-state index in [-0.39, 0.29) is 5.54 Å². The van der Waals surface area contributed by atoms with Gasteiger partial charge in [0.1, 0.15) is 5.76 Å². The maximum absolute atomic E-state index is 5.40. The van der Waals surface area contributed by atoms with Gasteiger partial charge in [0.2, 0.25) is 0 Å². The van der Waals surface area contributed by atoms with Gasteiger partial charge in [0, 0.05) is 36.7 Å². The van der Waals surface area contributed by atoms with Crippen LogP contribution in [0.2, 0.25) is 0 Å². The molecule has 0 amide bonds. The summed E-state index contributed by atoms with van der Waals surface area (Å²) in [6.45, 7) is 12.7. The third-order valence-electron chi connectivity index (χ3n) is 2.74. The van der Waals surface area contributed by atoms with Gasteiger partial charge >= 0.3 is 0 Å². The van der Waals surface area contributed by atoms with Crippen LogP contribution in [0.5, 0.6) is 0 Å². The molecule has 1 aromatic heterocycles. The van der Waals surface area contributed by atoms with Gasteiger partial charge in [-0.2, -0.15) is 0 Å². The highest BCUT2D eigenvalue weighted by Crippen LogP contribution is 2.10. The summed E-state index contributed by atoms with van der Waals surface area (Å²) in [5.41, 5.74) is 1.45. The van der Waals surface area contributed by atoms with Crippen molar-refractivity contribution in [2.45, 2.75) is 59.2 Å². The van der Waals surface area contributed by atoms with Gasteiger partial charge in [-0.25, -0.2) is 0 Å². The summed E-state index contributed by atoms with van der Waals surface area (Å²) < 4.78 is 5.40. The summed E-state index contributed by atoms with van der Waals surface area (Å²) in [4.78, 5) is 0. The van der Waals surface area contributed by atoms with E-state index in [1.807, 2.05) is 0 Å².